The molecule has 4 aromatic rings. The summed E-state index contributed by atoms with van der Waals surface area (Å²) in [5.74, 6) is 1.67. The highest BCUT2D eigenvalue weighted by Crippen LogP contribution is 2.36. The average molecular weight is 1120 g/mol. The fourth-order valence-electron chi connectivity index (χ4n) is 12.3. The van der Waals surface area contributed by atoms with Crippen LogP contribution in [0.4, 0.5) is 5.82 Å². The van der Waals surface area contributed by atoms with Crippen molar-refractivity contribution < 1.29 is 29.1 Å². The van der Waals surface area contributed by atoms with Crippen molar-refractivity contribution in [3.63, 3.8) is 0 Å². The number of amides is 2. The van der Waals surface area contributed by atoms with E-state index in [0.717, 1.165) is 144 Å². The van der Waals surface area contributed by atoms with Gasteiger partial charge in [-0.1, -0.05) is 67.9 Å². The number of para-hydroxylation sites is 1. The van der Waals surface area contributed by atoms with Crippen LogP contribution in [0.15, 0.2) is 94.9 Å². The molecule has 6 aliphatic rings. The Hall–Kier alpha value is -5.92. The number of likely N-dealkylation sites (tertiary alicyclic amines) is 4. The predicted octanol–water partition coefficient (Wildman–Crippen LogP) is 8.47. The number of allylic oxidation sites excluding steroid dienone is 2. The molecule has 0 bridgehead atoms. The van der Waals surface area contributed by atoms with Crippen molar-refractivity contribution in [3.8, 4) is 16.2 Å². The first-order valence-electron chi connectivity index (χ1n) is 29.6. The van der Waals surface area contributed by atoms with E-state index in [1.165, 1.54) is 19.3 Å². The molecule has 0 spiro atoms. The van der Waals surface area contributed by atoms with Gasteiger partial charge in [0, 0.05) is 88.8 Å². The maximum atomic E-state index is 14.1. The van der Waals surface area contributed by atoms with Gasteiger partial charge in [0.25, 0.3) is 0 Å². The summed E-state index contributed by atoms with van der Waals surface area (Å²) < 4.78 is 12.3. The van der Waals surface area contributed by atoms with Crippen molar-refractivity contribution in [2.24, 2.45) is 29.0 Å². The lowest BCUT2D eigenvalue weighted by Gasteiger charge is -2.42. The molecular formula is C62H91N11O6S. The molecule has 2 aromatic heterocycles. The van der Waals surface area contributed by atoms with Gasteiger partial charge in [0.1, 0.15) is 23.5 Å². The third kappa shape index (κ3) is 15.5. The van der Waals surface area contributed by atoms with E-state index in [1.807, 2.05) is 52.3 Å². The number of nitrogens with zero attached hydrogens (tertiary/aromatic N) is 7. The van der Waals surface area contributed by atoms with Crippen molar-refractivity contribution >= 4 is 34.7 Å². The number of carbonyl (C=O) groups is 2. The van der Waals surface area contributed by atoms with E-state index >= 15 is 0 Å². The highest BCUT2D eigenvalue weighted by Gasteiger charge is 2.41. The van der Waals surface area contributed by atoms with Gasteiger partial charge in [-0.05, 0) is 133 Å². The third-order valence-electron chi connectivity index (χ3n) is 17.1. The van der Waals surface area contributed by atoms with Crippen LogP contribution in [0.2, 0.25) is 0 Å². The molecule has 10 rings (SSSR count). The van der Waals surface area contributed by atoms with Gasteiger partial charge in [-0.2, -0.15) is 0 Å². The molecule has 1 aliphatic carbocycles. The van der Waals surface area contributed by atoms with E-state index in [4.69, 9.17) is 26.5 Å². The van der Waals surface area contributed by atoms with Gasteiger partial charge in [0.15, 0.2) is 11.6 Å². The monoisotopic (exact) mass is 1120 g/mol. The number of piperidine rings is 3. The molecule has 5 aliphatic heterocycles. The minimum atomic E-state index is -0.505. The molecule has 0 radical (unpaired) electrons. The Labute approximate surface area is 479 Å². The molecule has 4 atom stereocenters. The number of phenolic OH excluding ortho intramolecular Hbond substituents is 1. The zero-order chi connectivity index (χ0) is 56.9. The van der Waals surface area contributed by atoms with Crippen LogP contribution in [-0.2, 0) is 14.3 Å². The van der Waals surface area contributed by atoms with Crippen molar-refractivity contribution in [2.45, 2.75) is 154 Å². The predicted molar refractivity (Wildman–Crippen MR) is 319 cm³/mol. The molecule has 18 heteroatoms. The van der Waals surface area contributed by atoms with E-state index in [0.29, 0.717) is 47.7 Å². The smallest absolute Gasteiger partial charge is 0.243 e. The lowest BCUT2D eigenvalue weighted by Crippen LogP contribution is -2.48. The van der Waals surface area contributed by atoms with Gasteiger partial charge in [0.05, 0.1) is 46.1 Å². The molecule has 1 saturated carbocycles. The number of aliphatic hydroxyl groups is 1. The number of ether oxygens (including phenoxy) is 1. The number of phenols is 1. The van der Waals surface area contributed by atoms with E-state index in [9.17, 15) is 19.8 Å². The van der Waals surface area contributed by atoms with Gasteiger partial charge in [-0.3, -0.25) is 9.59 Å². The van der Waals surface area contributed by atoms with Crippen molar-refractivity contribution in [2.75, 3.05) is 70.3 Å². The number of thiazole rings is 1. The minimum Gasteiger partial charge on any atom is -0.507 e. The molecule has 2 aromatic carbocycles. The Bertz CT molecular complexity index is 2680. The number of aliphatic hydroxyl groups excluding tert-OH is 1. The number of nitrogens with two attached hydrogens (primary N) is 3. The zero-order valence-electron chi connectivity index (χ0n) is 48.2. The summed E-state index contributed by atoms with van der Waals surface area (Å²) in [5.41, 5.74) is 24.9. The van der Waals surface area contributed by atoms with Crippen molar-refractivity contribution in [1.82, 2.24) is 35.1 Å². The SMILES string of the molecule is C=CC.Cc1ncsc1-c1ccc(C(C)NC(=O)C2CCCN2C(=O)C(c2cc(N3CCC(CN4CCC(O)CC4)CC3)no2)C(C)C)cc1.NC(N)=C(/C=C(\N)c1ccccc1O)N1CCC(OC2CCN(C3CCC3)CC2)C1. The Morgan fingerprint density at radius 2 is 1.56 bits per heavy atom. The average Bonchev–Trinajstić information content (AvgIpc) is 4.29. The number of hydrogen-bond donors (Lipinski definition) is 6. The highest BCUT2D eigenvalue weighted by atomic mass is 32.1. The molecule has 80 heavy (non-hydrogen) atoms. The van der Waals surface area contributed by atoms with Crippen LogP contribution in [0.1, 0.15) is 139 Å². The number of aromatic hydroxyl groups is 1. The number of rotatable bonds is 16. The number of hydrogen-bond acceptors (Lipinski definition) is 16. The van der Waals surface area contributed by atoms with Crippen LogP contribution in [0.25, 0.3) is 16.1 Å². The van der Waals surface area contributed by atoms with Gasteiger partial charge in [-0.25, -0.2) is 4.98 Å². The number of aromatic nitrogens is 2. The molecular weight excluding hydrogens is 1030 g/mol. The minimum absolute atomic E-state index is 0.0129. The fraction of sp³-hybridized carbons (Fsp3) is 0.581. The molecule has 2 amide bonds. The molecule has 9 N–H and O–H groups in total. The Morgan fingerprint density at radius 1 is 0.875 bits per heavy atom. The van der Waals surface area contributed by atoms with Gasteiger partial charge in [-0.15, -0.1) is 17.9 Å². The summed E-state index contributed by atoms with van der Waals surface area (Å²) in [6.07, 6.45) is 16.6. The summed E-state index contributed by atoms with van der Waals surface area (Å²) >= 11 is 1.62. The second-order valence-corrected chi connectivity index (χ2v) is 24.1. The Morgan fingerprint density at radius 3 is 2.19 bits per heavy atom. The van der Waals surface area contributed by atoms with Gasteiger partial charge < -0.3 is 66.5 Å². The van der Waals surface area contributed by atoms with Crippen LogP contribution in [0, 0.1) is 18.8 Å². The van der Waals surface area contributed by atoms with E-state index in [2.05, 4.69) is 65.9 Å². The summed E-state index contributed by atoms with van der Waals surface area (Å²) in [7, 11) is 0. The van der Waals surface area contributed by atoms with Crippen molar-refractivity contribution in [1.29, 1.82) is 0 Å². The maximum absolute atomic E-state index is 14.1. The van der Waals surface area contributed by atoms with Crippen LogP contribution in [0.3, 0.4) is 0 Å². The normalized spacial score (nSPS) is 21.7. The molecule has 7 heterocycles. The first-order valence-corrected chi connectivity index (χ1v) is 30.4. The summed E-state index contributed by atoms with van der Waals surface area (Å²) in [6, 6.07) is 17.3. The Balaban J connectivity index is 0.000000219. The largest absolute Gasteiger partial charge is 0.507 e. The molecule has 17 nitrogen and oxygen atoms in total. The number of benzene rings is 2. The lowest BCUT2D eigenvalue weighted by molar-refractivity contribution is -0.141. The standard InChI is InChI=1S/C36H50N6O4S.C23H35N5O2.C3H6/c1-23(2)33(31-20-32(39-46-31)41-18-11-26(12-19-41)21-40-16-13-29(43)14-17-40)36(45)42-15-5-6-30(42)35(44)38-24(3)27-7-9-28(10-8-27)34-25(4)37-22-47-34;24-20(19-6-1-2-7-22(19)29)14-21(23(25)26)28-13-10-18(15-28)30-17-8-11-27(12-9-17)16-4-3-5-16;1-3-2/h7-10,20,22-24,26,29-30,33,43H,5-6,11-19,21H2,1-4H3,(H,38,44);1-2,6-7,14,16-18,29H,3-5,8-13,15,24-26H2;3H,1H2,2H3/b;20-14-;. The quantitative estimate of drug-likeness (QED) is 0.0457. The zero-order valence-corrected chi connectivity index (χ0v) is 49.0. The molecule has 5 saturated heterocycles. The second kappa shape index (κ2) is 28.7. The molecule has 436 valence electrons. The summed E-state index contributed by atoms with van der Waals surface area (Å²) in [4.78, 5) is 44.5. The van der Waals surface area contributed by atoms with Gasteiger partial charge >= 0.3 is 0 Å². The number of carbonyl (C=O) groups excluding carboxylic acids is 2. The second-order valence-electron chi connectivity index (χ2n) is 23.3. The van der Waals surface area contributed by atoms with E-state index < -0.39 is 12.0 Å². The topological polar surface area (TPSA) is 229 Å². The first kappa shape index (κ1) is 60.2. The number of nitrogens with one attached hydrogen (secondary N) is 1. The maximum Gasteiger partial charge on any atom is 0.243 e. The van der Waals surface area contributed by atoms with Crippen LogP contribution in [-0.4, -0.2) is 148 Å². The third-order valence-corrected chi connectivity index (χ3v) is 18.1. The van der Waals surface area contributed by atoms with Crippen LogP contribution >= 0.6 is 11.3 Å². The first-order chi connectivity index (χ1) is 38.6. The fourth-order valence-corrected chi connectivity index (χ4v) is 13.1. The summed E-state index contributed by atoms with van der Waals surface area (Å²) in [6.45, 7) is 22.6. The summed E-state index contributed by atoms with van der Waals surface area (Å²) in [5, 5.41) is 27.5. The van der Waals surface area contributed by atoms with Crippen molar-refractivity contribution in [3.05, 3.63) is 113 Å². The molecule has 6 fully saturated rings. The Kier molecular flexibility index (Phi) is 21.6. The van der Waals surface area contributed by atoms with E-state index in [1.54, 1.807) is 46.6 Å². The number of aryl methyl sites for hydroxylation is 1. The van der Waals surface area contributed by atoms with Gasteiger partial charge in [0.2, 0.25) is 11.8 Å². The van der Waals surface area contributed by atoms with E-state index in [-0.39, 0.29) is 47.6 Å². The van der Waals surface area contributed by atoms with Crippen LogP contribution in [0.5, 0.6) is 5.75 Å². The molecule has 4 unspecified atom stereocenters. The highest BCUT2D eigenvalue weighted by molar-refractivity contribution is 7.13. The van der Waals surface area contributed by atoms with Crippen LogP contribution < -0.4 is 27.4 Å². The lowest BCUT2D eigenvalue weighted by atomic mass is 9.90. The number of anilines is 1.